The average molecular weight is 473 g/mol. The van der Waals surface area contributed by atoms with E-state index in [0.717, 1.165) is 0 Å². The third-order valence-electron chi connectivity index (χ3n) is 7.91. The molecule has 8 aromatic rings. The molecule has 0 N–H and O–H groups in total. The first-order chi connectivity index (χ1) is 18.3. The minimum absolute atomic E-state index is 1.19. The highest BCUT2D eigenvalue weighted by Crippen LogP contribution is 2.37. The molecule has 0 amide bonds. The van der Waals surface area contributed by atoms with E-state index < -0.39 is 0 Å². The van der Waals surface area contributed by atoms with Gasteiger partial charge in [0, 0.05) is 45.3 Å². The van der Waals surface area contributed by atoms with Crippen LogP contribution >= 0.6 is 0 Å². The molecular weight excluding hydrogens is 448 g/mol. The lowest BCUT2D eigenvalue weighted by Gasteiger charge is -2.10. The van der Waals surface area contributed by atoms with Crippen LogP contribution in [0.4, 0.5) is 0 Å². The van der Waals surface area contributed by atoms with E-state index in [-0.39, 0.29) is 0 Å². The van der Waals surface area contributed by atoms with Crippen LogP contribution in [0.1, 0.15) is 0 Å². The van der Waals surface area contributed by atoms with Crippen LogP contribution in [0.5, 0.6) is 0 Å². The summed E-state index contributed by atoms with van der Waals surface area (Å²) in [7, 11) is 2.15. The predicted molar refractivity (Wildman–Crippen MR) is 158 cm³/mol. The van der Waals surface area contributed by atoms with Gasteiger partial charge in [0.05, 0.1) is 11.0 Å². The van der Waals surface area contributed by atoms with Gasteiger partial charge in [0.2, 0.25) is 0 Å². The van der Waals surface area contributed by atoms with Gasteiger partial charge in [0.15, 0.2) is 0 Å². The third-order valence-corrected chi connectivity index (χ3v) is 7.91. The lowest BCUT2D eigenvalue weighted by Crippen LogP contribution is -1.93. The molecule has 174 valence electrons. The standard InChI is InChI=1S/C35H24N2/c1-36-32-12-6-4-10-28(32)30-21-25(15-18-33(30)36)26-16-19-35-31(22-26)29-11-5-7-13-34(29)37(35)27-17-14-23-8-2-3-9-24(23)20-27/h2-22H,1H3. The molecule has 0 fully saturated rings. The molecule has 2 nitrogen and oxygen atoms in total. The van der Waals surface area contributed by atoms with Gasteiger partial charge in [0.1, 0.15) is 0 Å². The summed E-state index contributed by atoms with van der Waals surface area (Å²) in [6.45, 7) is 0. The minimum Gasteiger partial charge on any atom is -0.344 e. The van der Waals surface area contributed by atoms with E-state index in [1.807, 2.05) is 0 Å². The van der Waals surface area contributed by atoms with Gasteiger partial charge in [-0.3, -0.25) is 0 Å². The molecule has 0 unspecified atom stereocenters. The molecule has 0 aliphatic rings. The van der Waals surface area contributed by atoms with Gasteiger partial charge in [-0.2, -0.15) is 0 Å². The van der Waals surface area contributed by atoms with E-state index in [9.17, 15) is 0 Å². The summed E-state index contributed by atoms with van der Waals surface area (Å²) in [5.41, 5.74) is 8.66. The predicted octanol–water partition coefficient (Wildman–Crippen LogP) is 9.25. The van der Waals surface area contributed by atoms with Gasteiger partial charge in [-0.15, -0.1) is 0 Å². The Kier molecular flexibility index (Phi) is 4.18. The number of para-hydroxylation sites is 2. The topological polar surface area (TPSA) is 9.86 Å². The van der Waals surface area contributed by atoms with Crippen LogP contribution in [-0.4, -0.2) is 9.13 Å². The second-order valence-electron chi connectivity index (χ2n) is 9.92. The monoisotopic (exact) mass is 472 g/mol. The van der Waals surface area contributed by atoms with E-state index in [4.69, 9.17) is 0 Å². The first-order valence-electron chi connectivity index (χ1n) is 12.8. The van der Waals surface area contributed by atoms with Gasteiger partial charge in [-0.1, -0.05) is 78.9 Å². The van der Waals surface area contributed by atoms with E-state index in [1.54, 1.807) is 0 Å². The average Bonchev–Trinajstić information content (AvgIpc) is 3.44. The second kappa shape index (κ2) is 7.59. The second-order valence-corrected chi connectivity index (χ2v) is 9.92. The van der Waals surface area contributed by atoms with Crippen molar-refractivity contribution in [3.63, 3.8) is 0 Å². The molecule has 2 aromatic heterocycles. The number of hydrogen-bond donors (Lipinski definition) is 0. The van der Waals surface area contributed by atoms with Crippen LogP contribution < -0.4 is 0 Å². The zero-order valence-electron chi connectivity index (χ0n) is 20.5. The number of nitrogens with zero attached hydrogens (tertiary/aromatic N) is 2. The number of aryl methyl sites for hydroxylation is 1. The molecule has 0 aliphatic carbocycles. The number of aromatic nitrogens is 2. The lowest BCUT2D eigenvalue weighted by atomic mass is 10.0. The normalized spacial score (nSPS) is 11.9. The van der Waals surface area contributed by atoms with Crippen LogP contribution in [0.25, 0.3) is 71.2 Å². The molecule has 0 aliphatic heterocycles. The quantitative estimate of drug-likeness (QED) is 0.237. The van der Waals surface area contributed by atoms with Gasteiger partial charge in [0.25, 0.3) is 0 Å². The van der Waals surface area contributed by atoms with Crippen molar-refractivity contribution in [2.75, 3.05) is 0 Å². The Morgan fingerprint density at radius 2 is 0.946 bits per heavy atom. The number of hydrogen-bond acceptors (Lipinski definition) is 0. The summed E-state index contributed by atoms with van der Waals surface area (Å²) >= 11 is 0. The van der Waals surface area contributed by atoms with Gasteiger partial charge < -0.3 is 9.13 Å². The zero-order valence-corrected chi connectivity index (χ0v) is 20.5. The number of benzene rings is 6. The molecule has 8 rings (SSSR count). The van der Waals surface area contributed by atoms with Crippen molar-refractivity contribution in [3.8, 4) is 16.8 Å². The summed E-state index contributed by atoms with van der Waals surface area (Å²) in [6.07, 6.45) is 0. The van der Waals surface area contributed by atoms with Crippen molar-refractivity contribution in [1.82, 2.24) is 9.13 Å². The molecule has 6 aromatic carbocycles. The highest BCUT2D eigenvalue weighted by Gasteiger charge is 2.14. The lowest BCUT2D eigenvalue weighted by molar-refractivity contribution is 1.01. The molecule has 0 atom stereocenters. The SMILES string of the molecule is Cn1c2ccccc2c2cc(-c3ccc4c(c3)c3ccccc3n4-c3ccc4ccccc4c3)ccc21. The fourth-order valence-corrected chi connectivity index (χ4v) is 6.09. The van der Waals surface area contributed by atoms with Crippen molar-refractivity contribution in [2.45, 2.75) is 0 Å². The van der Waals surface area contributed by atoms with Crippen LogP contribution in [0.3, 0.4) is 0 Å². The molecular formula is C35H24N2. The molecule has 37 heavy (non-hydrogen) atoms. The van der Waals surface area contributed by atoms with E-state index in [2.05, 4.69) is 144 Å². The Morgan fingerprint density at radius 3 is 1.73 bits per heavy atom. The Hall–Kier alpha value is -4.82. The van der Waals surface area contributed by atoms with E-state index >= 15 is 0 Å². The van der Waals surface area contributed by atoms with Crippen molar-refractivity contribution >= 4 is 54.4 Å². The first kappa shape index (κ1) is 20.4. The van der Waals surface area contributed by atoms with E-state index in [1.165, 1.54) is 71.2 Å². The fraction of sp³-hybridized carbons (Fsp3) is 0.0286. The van der Waals surface area contributed by atoms with Crippen LogP contribution in [0.15, 0.2) is 127 Å². The van der Waals surface area contributed by atoms with Gasteiger partial charge in [-0.05, 0) is 70.4 Å². The molecule has 0 radical (unpaired) electrons. The van der Waals surface area contributed by atoms with Crippen molar-refractivity contribution < 1.29 is 0 Å². The molecule has 2 heteroatoms. The Labute approximate surface area is 214 Å². The number of rotatable bonds is 2. The Morgan fingerprint density at radius 1 is 0.405 bits per heavy atom. The maximum Gasteiger partial charge on any atom is 0.0541 e. The highest BCUT2D eigenvalue weighted by molar-refractivity contribution is 6.12. The molecule has 0 bridgehead atoms. The fourth-order valence-electron chi connectivity index (χ4n) is 6.09. The largest absolute Gasteiger partial charge is 0.344 e. The summed E-state index contributed by atoms with van der Waals surface area (Å²) in [5, 5.41) is 7.67. The van der Waals surface area contributed by atoms with Gasteiger partial charge >= 0.3 is 0 Å². The van der Waals surface area contributed by atoms with Crippen molar-refractivity contribution in [2.24, 2.45) is 7.05 Å². The van der Waals surface area contributed by atoms with Crippen molar-refractivity contribution in [3.05, 3.63) is 127 Å². The molecule has 2 heterocycles. The summed E-state index contributed by atoms with van der Waals surface area (Å²) in [5.74, 6) is 0. The maximum absolute atomic E-state index is 2.40. The molecule has 0 saturated heterocycles. The summed E-state index contributed by atoms with van der Waals surface area (Å²) in [4.78, 5) is 0. The Balaban J connectivity index is 1.36. The highest BCUT2D eigenvalue weighted by atomic mass is 15.0. The first-order valence-corrected chi connectivity index (χ1v) is 12.8. The smallest absolute Gasteiger partial charge is 0.0541 e. The number of fused-ring (bicyclic) bond motifs is 7. The summed E-state index contributed by atoms with van der Waals surface area (Å²) < 4.78 is 4.68. The minimum atomic E-state index is 1.19. The van der Waals surface area contributed by atoms with Crippen molar-refractivity contribution in [1.29, 1.82) is 0 Å². The Bertz CT molecular complexity index is 2160. The van der Waals surface area contributed by atoms with Crippen LogP contribution in [-0.2, 0) is 7.05 Å². The maximum atomic E-state index is 2.40. The third kappa shape index (κ3) is 2.93. The van der Waals surface area contributed by atoms with E-state index in [0.29, 0.717) is 0 Å². The van der Waals surface area contributed by atoms with Crippen LogP contribution in [0.2, 0.25) is 0 Å². The van der Waals surface area contributed by atoms with Crippen LogP contribution in [0, 0.1) is 0 Å². The molecule has 0 spiro atoms. The zero-order chi connectivity index (χ0) is 24.5. The van der Waals surface area contributed by atoms with Gasteiger partial charge in [-0.25, -0.2) is 0 Å². The molecule has 0 saturated carbocycles. The summed E-state index contributed by atoms with van der Waals surface area (Å²) in [6, 6.07) is 46.5.